The minimum atomic E-state index is -3.53. The third-order valence-corrected chi connectivity index (χ3v) is 7.10. The van der Waals surface area contributed by atoms with Gasteiger partial charge in [0.1, 0.15) is 28.6 Å². The number of rotatable bonds is 6. The molecular formula is C21H22FN5O3S. The van der Waals surface area contributed by atoms with Gasteiger partial charge in [-0.05, 0) is 49.6 Å². The summed E-state index contributed by atoms with van der Waals surface area (Å²) in [6.07, 6.45) is 6.01. The Morgan fingerprint density at radius 1 is 1.10 bits per heavy atom. The topological polar surface area (TPSA) is 97.2 Å². The van der Waals surface area contributed by atoms with E-state index < -0.39 is 10.0 Å². The van der Waals surface area contributed by atoms with Crippen LogP contribution in [-0.4, -0.2) is 46.3 Å². The lowest BCUT2D eigenvalue weighted by molar-refractivity contribution is 0.0935. The highest BCUT2D eigenvalue weighted by Gasteiger charge is 2.27. The first-order valence-corrected chi connectivity index (χ1v) is 11.4. The highest BCUT2D eigenvalue weighted by Crippen LogP contribution is 2.21. The van der Waals surface area contributed by atoms with Crippen LogP contribution in [0.3, 0.4) is 0 Å². The number of nitrogens with zero attached hydrogens (tertiary/aromatic N) is 4. The van der Waals surface area contributed by atoms with Gasteiger partial charge >= 0.3 is 0 Å². The quantitative estimate of drug-likeness (QED) is 0.632. The van der Waals surface area contributed by atoms with E-state index in [1.165, 1.54) is 41.2 Å². The Morgan fingerprint density at radius 3 is 2.45 bits per heavy atom. The molecule has 1 atom stereocenters. The molecule has 31 heavy (non-hydrogen) atoms. The van der Waals surface area contributed by atoms with E-state index in [0.717, 1.165) is 18.4 Å². The highest BCUT2D eigenvalue weighted by molar-refractivity contribution is 7.89. The van der Waals surface area contributed by atoms with Crippen LogP contribution >= 0.6 is 0 Å². The van der Waals surface area contributed by atoms with Crippen molar-refractivity contribution >= 4 is 15.9 Å². The van der Waals surface area contributed by atoms with Crippen LogP contribution in [0.25, 0.3) is 5.82 Å². The lowest BCUT2D eigenvalue weighted by atomic mass is 10.1. The van der Waals surface area contributed by atoms with Crippen LogP contribution in [-0.2, 0) is 10.0 Å². The van der Waals surface area contributed by atoms with E-state index in [1.807, 2.05) is 0 Å². The van der Waals surface area contributed by atoms with Gasteiger partial charge in [-0.2, -0.15) is 4.31 Å². The van der Waals surface area contributed by atoms with Gasteiger partial charge in [0.15, 0.2) is 0 Å². The molecule has 1 amide bonds. The summed E-state index contributed by atoms with van der Waals surface area (Å²) in [6.45, 7) is 2.85. The highest BCUT2D eigenvalue weighted by atomic mass is 32.2. The van der Waals surface area contributed by atoms with Gasteiger partial charge in [0.25, 0.3) is 5.91 Å². The van der Waals surface area contributed by atoms with Gasteiger partial charge in [0.2, 0.25) is 10.0 Å². The molecule has 1 aliphatic heterocycles. The van der Waals surface area contributed by atoms with E-state index in [0.29, 0.717) is 18.9 Å². The Bertz CT molecular complexity index is 1170. The minimum absolute atomic E-state index is 0.143. The Balaban J connectivity index is 1.45. The maximum atomic E-state index is 13.1. The monoisotopic (exact) mass is 443 g/mol. The van der Waals surface area contributed by atoms with Crippen molar-refractivity contribution in [3.05, 3.63) is 72.2 Å². The molecular weight excluding hydrogens is 421 g/mol. The molecule has 3 aromatic rings. The van der Waals surface area contributed by atoms with Crippen molar-refractivity contribution < 1.29 is 17.6 Å². The molecule has 2 aromatic heterocycles. The number of hydrogen-bond donors (Lipinski definition) is 1. The van der Waals surface area contributed by atoms with Gasteiger partial charge in [0.05, 0.1) is 6.04 Å². The van der Waals surface area contributed by atoms with Gasteiger partial charge < -0.3 is 5.32 Å². The van der Waals surface area contributed by atoms with E-state index >= 15 is 0 Å². The van der Waals surface area contributed by atoms with E-state index in [-0.39, 0.29) is 28.4 Å². The molecule has 8 nitrogen and oxygen atoms in total. The van der Waals surface area contributed by atoms with Crippen LogP contribution < -0.4 is 5.32 Å². The average Bonchev–Trinajstić information content (AvgIpc) is 3.47. The maximum Gasteiger partial charge on any atom is 0.271 e. The number of amides is 1. The van der Waals surface area contributed by atoms with Gasteiger partial charge in [-0.15, -0.1) is 0 Å². The van der Waals surface area contributed by atoms with Crippen molar-refractivity contribution in [2.45, 2.75) is 30.7 Å². The summed E-state index contributed by atoms with van der Waals surface area (Å²) >= 11 is 0. The molecule has 0 aliphatic carbocycles. The first-order valence-electron chi connectivity index (χ1n) is 9.91. The molecule has 10 heteroatoms. The standard InChI is InChI=1S/C21H22FN5O3S/c1-15(16-4-6-17(22)7-5-16)25-21(28)19-13-26(14-24-19)20-9-8-18(12-23-20)31(29,30)27-10-2-3-11-27/h4-9,12-15H,2-3,10-11H2,1H3,(H,25,28)/t15-/m0/s1. The predicted octanol–water partition coefficient (Wildman–Crippen LogP) is 2.68. The van der Waals surface area contributed by atoms with Crippen LogP contribution in [0.4, 0.5) is 4.39 Å². The first-order chi connectivity index (χ1) is 14.8. The van der Waals surface area contributed by atoms with Crippen LogP contribution in [0, 0.1) is 5.82 Å². The molecule has 0 saturated carbocycles. The van der Waals surface area contributed by atoms with E-state index in [9.17, 15) is 17.6 Å². The molecule has 3 heterocycles. The minimum Gasteiger partial charge on any atom is -0.344 e. The zero-order chi connectivity index (χ0) is 22.0. The number of hydrogen-bond acceptors (Lipinski definition) is 5. The largest absolute Gasteiger partial charge is 0.344 e. The third kappa shape index (κ3) is 4.49. The smallest absolute Gasteiger partial charge is 0.271 e. The molecule has 0 spiro atoms. The van der Waals surface area contributed by atoms with Gasteiger partial charge in [0, 0.05) is 25.5 Å². The van der Waals surface area contributed by atoms with E-state index in [4.69, 9.17) is 0 Å². The zero-order valence-electron chi connectivity index (χ0n) is 16.9. The number of halogens is 1. The van der Waals surface area contributed by atoms with Crippen LogP contribution in [0.1, 0.15) is 41.9 Å². The molecule has 1 aromatic carbocycles. The molecule has 162 valence electrons. The second-order valence-corrected chi connectivity index (χ2v) is 9.31. The molecule has 0 bridgehead atoms. The number of imidazole rings is 1. The van der Waals surface area contributed by atoms with Crippen LogP contribution in [0.5, 0.6) is 0 Å². The maximum absolute atomic E-state index is 13.1. The van der Waals surface area contributed by atoms with Crippen molar-refractivity contribution in [2.24, 2.45) is 0 Å². The number of carbonyl (C=O) groups excluding carboxylic acids is 1. The average molecular weight is 444 g/mol. The summed E-state index contributed by atoms with van der Waals surface area (Å²) < 4.78 is 41.3. The number of aromatic nitrogens is 3. The molecule has 1 N–H and O–H groups in total. The molecule has 1 saturated heterocycles. The van der Waals surface area contributed by atoms with Crippen LogP contribution in [0.2, 0.25) is 0 Å². The summed E-state index contributed by atoms with van der Waals surface area (Å²) in [5.74, 6) is -0.282. The number of benzene rings is 1. The van der Waals surface area contributed by atoms with Crippen molar-refractivity contribution in [3.63, 3.8) is 0 Å². The third-order valence-electron chi connectivity index (χ3n) is 5.22. The summed E-state index contributed by atoms with van der Waals surface area (Å²) in [6, 6.07) is 8.66. The Hall–Kier alpha value is -3.11. The normalized spacial score (nSPS) is 15.7. The van der Waals surface area contributed by atoms with Gasteiger partial charge in [-0.1, -0.05) is 12.1 Å². The second-order valence-electron chi connectivity index (χ2n) is 7.38. The number of sulfonamides is 1. The summed E-state index contributed by atoms with van der Waals surface area (Å²) in [5, 5.41) is 2.81. The molecule has 1 fully saturated rings. The lowest BCUT2D eigenvalue weighted by Gasteiger charge is -2.15. The molecule has 0 radical (unpaired) electrons. The fourth-order valence-electron chi connectivity index (χ4n) is 3.43. The molecule has 4 rings (SSSR count). The van der Waals surface area contributed by atoms with Crippen molar-refractivity contribution in [1.29, 1.82) is 0 Å². The van der Waals surface area contributed by atoms with E-state index in [1.54, 1.807) is 29.7 Å². The zero-order valence-corrected chi connectivity index (χ0v) is 17.7. The second kappa shape index (κ2) is 8.56. The van der Waals surface area contributed by atoms with Crippen molar-refractivity contribution in [1.82, 2.24) is 24.2 Å². The number of pyridine rings is 1. The Morgan fingerprint density at radius 2 is 1.81 bits per heavy atom. The van der Waals surface area contributed by atoms with Crippen molar-refractivity contribution in [2.75, 3.05) is 13.1 Å². The Labute approximate surface area is 179 Å². The first kappa shape index (κ1) is 21.1. The Kier molecular flexibility index (Phi) is 5.84. The summed E-state index contributed by atoms with van der Waals surface area (Å²) in [4.78, 5) is 21.0. The molecule has 0 unspecified atom stereocenters. The fraction of sp³-hybridized carbons (Fsp3) is 0.286. The fourth-order valence-corrected chi connectivity index (χ4v) is 4.89. The number of nitrogens with one attached hydrogen (secondary N) is 1. The lowest BCUT2D eigenvalue weighted by Crippen LogP contribution is -2.28. The van der Waals surface area contributed by atoms with Gasteiger partial charge in [-0.25, -0.2) is 22.8 Å². The van der Waals surface area contributed by atoms with Crippen LogP contribution in [0.15, 0.2) is 60.0 Å². The summed E-state index contributed by atoms with van der Waals surface area (Å²) in [5.41, 5.74) is 0.954. The predicted molar refractivity (Wildman–Crippen MR) is 112 cm³/mol. The summed E-state index contributed by atoms with van der Waals surface area (Å²) in [7, 11) is -3.53. The molecule has 1 aliphatic rings. The van der Waals surface area contributed by atoms with Crippen molar-refractivity contribution in [3.8, 4) is 5.82 Å². The SMILES string of the molecule is C[C@H](NC(=O)c1cn(-c2ccc(S(=O)(=O)N3CCCC3)cn2)cn1)c1ccc(F)cc1. The van der Waals surface area contributed by atoms with Gasteiger partial charge in [-0.3, -0.25) is 9.36 Å². The van der Waals surface area contributed by atoms with E-state index in [2.05, 4.69) is 15.3 Å². The number of carbonyl (C=O) groups is 1.